The molecule has 0 fully saturated rings. The maximum absolute atomic E-state index is 11.1. The number of aromatic nitrogens is 2. The monoisotopic (exact) mass is 182 g/mol. The van der Waals surface area contributed by atoms with Gasteiger partial charge >= 0.3 is 0 Å². The van der Waals surface area contributed by atoms with Crippen LogP contribution in [0, 0.1) is 0 Å². The molecule has 0 aliphatic carbocycles. The number of hydrazine groups is 1. The zero-order valence-electron chi connectivity index (χ0n) is 6.93. The molecule has 1 aromatic heterocycles. The van der Waals surface area contributed by atoms with Gasteiger partial charge in [0.1, 0.15) is 0 Å². The summed E-state index contributed by atoms with van der Waals surface area (Å²) in [6.07, 6.45) is 2.95. The standard InChI is InChI=1S/C7H10N4O2/c8-10-6(12)2-4-11-5-9-3-1-7(11)13/h1,3,5H,2,4,8H2,(H,10,12). The number of hydrogen-bond acceptors (Lipinski definition) is 4. The lowest BCUT2D eigenvalue weighted by molar-refractivity contribution is -0.121. The van der Waals surface area contributed by atoms with Gasteiger partial charge in [-0.1, -0.05) is 0 Å². The Balaban J connectivity index is 2.60. The minimum Gasteiger partial charge on any atom is -0.299 e. The average molecular weight is 182 g/mol. The van der Waals surface area contributed by atoms with Crippen LogP contribution in [0.3, 0.4) is 0 Å². The van der Waals surface area contributed by atoms with E-state index in [1.165, 1.54) is 23.2 Å². The van der Waals surface area contributed by atoms with E-state index in [1.807, 2.05) is 5.43 Å². The van der Waals surface area contributed by atoms with E-state index in [0.717, 1.165) is 0 Å². The maximum Gasteiger partial charge on any atom is 0.253 e. The molecular formula is C7H10N4O2. The van der Waals surface area contributed by atoms with Crippen molar-refractivity contribution in [2.24, 2.45) is 5.84 Å². The van der Waals surface area contributed by atoms with Crippen LogP contribution >= 0.6 is 0 Å². The number of nitrogens with zero attached hydrogens (tertiary/aromatic N) is 2. The van der Waals surface area contributed by atoms with Crippen LogP contribution in [-0.4, -0.2) is 15.5 Å². The highest BCUT2D eigenvalue weighted by molar-refractivity contribution is 5.74. The number of amides is 1. The Kier molecular flexibility index (Phi) is 3.15. The number of nitrogens with two attached hydrogens (primary N) is 1. The first-order chi connectivity index (χ1) is 6.24. The van der Waals surface area contributed by atoms with Crippen molar-refractivity contribution in [1.82, 2.24) is 15.0 Å². The minimum absolute atomic E-state index is 0.169. The summed E-state index contributed by atoms with van der Waals surface area (Å²) in [7, 11) is 0. The minimum atomic E-state index is -0.309. The Morgan fingerprint density at radius 1 is 1.69 bits per heavy atom. The third-order valence-corrected chi connectivity index (χ3v) is 1.53. The summed E-state index contributed by atoms with van der Waals surface area (Å²) in [6.45, 7) is 0.287. The molecule has 70 valence electrons. The van der Waals surface area contributed by atoms with Crippen molar-refractivity contribution in [2.45, 2.75) is 13.0 Å². The molecule has 0 radical (unpaired) electrons. The number of carbonyl (C=O) groups excluding carboxylic acids is 1. The summed E-state index contributed by atoms with van der Waals surface area (Å²) in [5.41, 5.74) is 1.80. The van der Waals surface area contributed by atoms with Crippen molar-refractivity contribution in [3.05, 3.63) is 28.9 Å². The summed E-state index contributed by atoms with van der Waals surface area (Å²) in [5.74, 6) is 4.56. The molecule has 6 nitrogen and oxygen atoms in total. The summed E-state index contributed by atoms with van der Waals surface area (Å²) in [4.78, 5) is 25.6. The van der Waals surface area contributed by atoms with Crippen LogP contribution in [0.5, 0.6) is 0 Å². The van der Waals surface area contributed by atoms with Crippen molar-refractivity contribution in [2.75, 3.05) is 0 Å². The lowest BCUT2D eigenvalue weighted by Crippen LogP contribution is -2.31. The molecule has 1 rings (SSSR count). The van der Waals surface area contributed by atoms with Gasteiger partial charge in [0, 0.05) is 25.2 Å². The Hall–Kier alpha value is -1.69. The fraction of sp³-hybridized carbons (Fsp3) is 0.286. The molecule has 0 spiro atoms. The largest absolute Gasteiger partial charge is 0.299 e. The predicted octanol–water partition coefficient (Wildman–Crippen LogP) is -1.38. The molecule has 3 N–H and O–H groups in total. The van der Waals surface area contributed by atoms with E-state index < -0.39 is 0 Å². The zero-order chi connectivity index (χ0) is 9.68. The number of nitrogens with one attached hydrogen (secondary N) is 1. The van der Waals surface area contributed by atoms with Gasteiger partial charge in [0.25, 0.3) is 5.56 Å². The number of carbonyl (C=O) groups is 1. The van der Waals surface area contributed by atoms with E-state index in [2.05, 4.69) is 4.98 Å². The van der Waals surface area contributed by atoms with E-state index in [9.17, 15) is 9.59 Å². The highest BCUT2D eigenvalue weighted by Crippen LogP contribution is 1.84. The van der Waals surface area contributed by atoms with Crippen LogP contribution in [0.4, 0.5) is 0 Å². The van der Waals surface area contributed by atoms with E-state index in [-0.39, 0.29) is 24.4 Å². The highest BCUT2D eigenvalue weighted by atomic mass is 16.2. The molecule has 1 aromatic rings. The van der Waals surface area contributed by atoms with E-state index in [4.69, 9.17) is 5.84 Å². The molecule has 0 saturated carbocycles. The van der Waals surface area contributed by atoms with E-state index in [1.54, 1.807) is 0 Å². The SMILES string of the molecule is NNC(=O)CCn1cnccc1=O. The molecule has 0 saturated heterocycles. The quantitative estimate of drug-likeness (QED) is 0.342. The van der Waals surface area contributed by atoms with E-state index >= 15 is 0 Å². The molecular weight excluding hydrogens is 172 g/mol. The summed E-state index contributed by atoms with van der Waals surface area (Å²) >= 11 is 0. The maximum atomic E-state index is 11.1. The molecule has 0 aliphatic rings. The van der Waals surface area contributed by atoms with Crippen molar-refractivity contribution in [3.8, 4) is 0 Å². The Morgan fingerprint density at radius 3 is 3.08 bits per heavy atom. The van der Waals surface area contributed by atoms with Gasteiger partial charge < -0.3 is 0 Å². The van der Waals surface area contributed by atoms with Crippen molar-refractivity contribution in [3.63, 3.8) is 0 Å². The fourth-order valence-corrected chi connectivity index (χ4v) is 0.840. The zero-order valence-corrected chi connectivity index (χ0v) is 6.93. The third-order valence-electron chi connectivity index (χ3n) is 1.53. The van der Waals surface area contributed by atoms with Gasteiger partial charge in [0.2, 0.25) is 5.91 Å². The van der Waals surface area contributed by atoms with Crippen LogP contribution in [0.25, 0.3) is 0 Å². The number of aryl methyl sites for hydroxylation is 1. The molecule has 1 heterocycles. The van der Waals surface area contributed by atoms with Gasteiger partial charge in [-0.15, -0.1) is 0 Å². The lowest BCUT2D eigenvalue weighted by Gasteiger charge is -2.02. The van der Waals surface area contributed by atoms with Crippen LogP contribution in [0.2, 0.25) is 0 Å². The molecule has 13 heavy (non-hydrogen) atoms. The molecule has 0 aromatic carbocycles. The van der Waals surface area contributed by atoms with E-state index in [0.29, 0.717) is 0 Å². The van der Waals surface area contributed by atoms with Gasteiger partial charge in [-0.3, -0.25) is 19.6 Å². The fourth-order valence-electron chi connectivity index (χ4n) is 0.840. The topological polar surface area (TPSA) is 90.0 Å². The van der Waals surface area contributed by atoms with Crippen molar-refractivity contribution in [1.29, 1.82) is 0 Å². The average Bonchev–Trinajstić information content (AvgIpc) is 2.16. The van der Waals surface area contributed by atoms with Gasteiger partial charge in [-0.2, -0.15) is 0 Å². The smallest absolute Gasteiger partial charge is 0.253 e. The van der Waals surface area contributed by atoms with Crippen LogP contribution in [0.1, 0.15) is 6.42 Å². The van der Waals surface area contributed by atoms with Crippen molar-refractivity contribution < 1.29 is 4.79 Å². The summed E-state index contributed by atoms with van der Waals surface area (Å²) in [6, 6.07) is 1.33. The van der Waals surface area contributed by atoms with Crippen LogP contribution in [0.15, 0.2) is 23.4 Å². The normalized spacial score (nSPS) is 9.62. The molecule has 6 heteroatoms. The number of hydrogen-bond donors (Lipinski definition) is 2. The van der Waals surface area contributed by atoms with Crippen LogP contribution in [-0.2, 0) is 11.3 Å². The molecule has 0 unspecified atom stereocenters. The van der Waals surface area contributed by atoms with Gasteiger partial charge in [-0.05, 0) is 0 Å². The third kappa shape index (κ3) is 2.68. The second-order valence-corrected chi connectivity index (χ2v) is 2.43. The van der Waals surface area contributed by atoms with Gasteiger partial charge in [-0.25, -0.2) is 10.8 Å². The lowest BCUT2D eigenvalue weighted by atomic mass is 10.4. The second kappa shape index (κ2) is 4.36. The molecule has 1 amide bonds. The molecule has 0 atom stereocenters. The first-order valence-electron chi connectivity index (χ1n) is 3.74. The Bertz CT molecular complexity index is 346. The van der Waals surface area contributed by atoms with Crippen molar-refractivity contribution >= 4 is 5.91 Å². The molecule has 0 bridgehead atoms. The van der Waals surface area contributed by atoms with Gasteiger partial charge in [0.05, 0.1) is 6.33 Å². The second-order valence-electron chi connectivity index (χ2n) is 2.43. The first kappa shape index (κ1) is 9.40. The van der Waals surface area contributed by atoms with Crippen LogP contribution < -0.4 is 16.8 Å². The molecule has 0 aliphatic heterocycles. The predicted molar refractivity (Wildman–Crippen MR) is 45.4 cm³/mol. The Morgan fingerprint density at radius 2 is 2.46 bits per heavy atom. The number of rotatable bonds is 3. The first-order valence-corrected chi connectivity index (χ1v) is 3.74. The highest BCUT2D eigenvalue weighted by Gasteiger charge is 1.99. The Labute approximate surface area is 74.4 Å². The summed E-state index contributed by atoms with van der Waals surface area (Å²) in [5, 5.41) is 0. The summed E-state index contributed by atoms with van der Waals surface area (Å²) < 4.78 is 1.34. The van der Waals surface area contributed by atoms with Gasteiger partial charge in [0.15, 0.2) is 0 Å².